The smallest absolute Gasteiger partial charge is 0.258 e. The summed E-state index contributed by atoms with van der Waals surface area (Å²) >= 11 is 2.79. The van der Waals surface area contributed by atoms with Crippen LogP contribution in [0.5, 0.6) is 5.75 Å². The van der Waals surface area contributed by atoms with E-state index < -0.39 is 0 Å². The van der Waals surface area contributed by atoms with Crippen LogP contribution < -0.4 is 9.54 Å². The van der Waals surface area contributed by atoms with Crippen molar-refractivity contribution in [1.29, 1.82) is 0 Å². The van der Waals surface area contributed by atoms with Gasteiger partial charge in [0.05, 0.1) is 35.4 Å². The van der Waals surface area contributed by atoms with Crippen molar-refractivity contribution < 1.29 is 19.1 Å². The number of ether oxygens (including phenoxy) is 2. The number of thiazole rings is 1. The summed E-state index contributed by atoms with van der Waals surface area (Å²) in [7, 11) is 3.28. The molecule has 0 aliphatic carbocycles. The number of aromatic nitrogens is 1. The van der Waals surface area contributed by atoms with Crippen LogP contribution in [0, 0.1) is 5.92 Å². The van der Waals surface area contributed by atoms with Gasteiger partial charge in [0.15, 0.2) is 4.80 Å². The molecule has 0 spiro atoms. The molecule has 1 fully saturated rings. The number of likely N-dealkylation sites (tertiary alicyclic amines) is 1. The second-order valence-electron chi connectivity index (χ2n) is 7.45. The van der Waals surface area contributed by atoms with Crippen molar-refractivity contribution in [1.82, 2.24) is 9.47 Å². The SMILES string of the molecule is COCCn1c(=NC(=O)CSCC(=O)N2CCCC(C)C2)sc2cc(OC)ccc21. The topological polar surface area (TPSA) is 73.1 Å². The lowest BCUT2D eigenvalue weighted by Gasteiger charge is -2.30. The predicted molar refractivity (Wildman–Crippen MR) is 121 cm³/mol. The molecule has 1 atom stereocenters. The summed E-state index contributed by atoms with van der Waals surface area (Å²) in [5, 5.41) is 0. The highest BCUT2D eigenvalue weighted by Crippen LogP contribution is 2.23. The Balaban J connectivity index is 1.67. The fraction of sp³-hybridized carbons (Fsp3) is 0.571. The third-order valence-corrected chi connectivity index (χ3v) is 7.03. The van der Waals surface area contributed by atoms with Crippen molar-refractivity contribution >= 4 is 45.1 Å². The molecule has 7 nitrogen and oxygen atoms in total. The van der Waals surface area contributed by atoms with Crippen LogP contribution in [0.2, 0.25) is 0 Å². The van der Waals surface area contributed by atoms with E-state index in [2.05, 4.69) is 11.9 Å². The molecule has 1 aromatic heterocycles. The van der Waals surface area contributed by atoms with E-state index >= 15 is 0 Å². The van der Waals surface area contributed by atoms with Gasteiger partial charge in [-0.15, -0.1) is 11.8 Å². The average molecular weight is 452 g/mol. The van der Waals surface area contributed by atoms with Crippen LogP contribution in [0.4, 0.5) is 0 Å². The molecule has 1 unspecified atom stereocenters. The molecule has 164 valence electrons. The Morgan fingerprint density at radius 1 is 1.30 bits per heavy atom. The Bertz CT molecular complexity index is 953. The highest BCUT2D eigenvalue weighted by atomic mass is 32.2. The second kappa shape index (κ2) is 11.0. The molecule has 9 heteroatoms. The van der Waals surface area contributed by atoms with E-state index in [-0.39, 0.29) is 17.6 Å². The highest BCUT2D eigenvalue weighted by molar-refractivity contribution is 8.00. The molecule has 0 bridgehead atoms. The lowest BCUT2D eigenvalue weighted by Crippen LogP contribution is -2.40. The van der Waals surface area contributed by atoms with Gasteiger partial charge in [-0.05, 0) is 37.0 Å². The highest BCUT2D eigenvalue weighted by Gasteiger charge is 2.20. The molecule has 30 heavy (non-hydrogen) atoms. The molecule has 0 radical (unpaired) electrons. The van der Waals surface area contributed by atoms with E-state index in [4.69, 9.17) is 9.47 Å². The fourth-order valence-corrected chi connectivity index (χ4v) is 5.34. The largest absolute Gasteiger partial charge is 0.497 e. The van der Waals surface area contributed by atoms with Gasteiger partial charge in [0.1, 0.15) is 5.75 Å². The minimum absolute atomic E-state index is 0.114. The van der Waals surface area contributed by atoms with Crippen molar-refractivity contribution in [2.45, 2.75) is 26.3 Å². The summed E-state index contributed by atoms with van der Waals surface area (Å²) in [6.45, 7) is 4.95. The number of amides is 2. The Morgan fingerprint density at radius 3 is 2.87 bits per heavy atom. The molecule has 2 amide bonds. The van der Waals surface area contributed by atoms with E-state index in [0.717, 1.165) is 35.5 Å². The normalized spacial score (nSPS) is 17.5. The van der Waals surface area contributed by atoms with Gasteiger partial charge in [-0.25, -0.2) is 0 Å². The Hall–Kier alpha value is -1.84. The Kier molecular flexibility index (Phi) is 8.35. The zero-order chi connectivity index (χ0) is 21.5. The van der Waals surface area contributed by atoms with Crippen LogP contribution >= 0.6 is 23.1 Å². The predicted octanol–water partition coefficient (Wildman–Crippen LogP) is 2.78. The van der Waals surface area contributed by atoms with Gasteiger partial charge < -0.3 is 18.9 Å². The molecule has 0 N–H and O–H groups in total. The van der Waals surface area contributed by atoms with Crippen LogP contribution in [-0.4, -0.2) is 66.7 Å². The van der Waals surface area contributed by atoms with Crippen molar-refractivity contribution in [2.75, 3.05) is 45.4 Å². The molecule has 1 aromatic carbocycles. The maximum atomic E-state index is 12.5. The molecule has 1 saturated heterocycles. The summed E-state index contributed by atoms with van der Waals surface area (Å²) in [5.74, 6) is 1.71. The van der Waals surface area contributed by atoms with Crippen LogP contribution in [0.3, 0.4) is 0 Å². The van der Waals surface area contributed by atoms with Crippen molar-refractivity contribution in [2.24, 2.45) is 10.9 Å². The lowest BCUT2D eigenvalue weighted by molar-refractivity contribution is -0.130. The van der Waals surface area contributed by atoms with Crippen LogP contribution in [-0.2, 0) is 20.9 Å². The molecule has 1 aliphatic heterocycles. The Morgan fingerprint density at radius 2 is 2.13 bits per heavy atom. The molecular formula is C21H29N3O4S2. The van der Waals surface area contributed by atoms with Gasteiger partial charge in [-0.3, -0.25) is 9.59 Å². The number of carbonyl (C=O) groups is 2. The first-order valence-corrected chi connectivity index (χ1v) is 12.1. The minimum atomic E-state index is -0.232. The number of benzene rings is 1. The first-order valence-electron chi connectivity index (χ1n) is 10.1. The average Bonchev–Trinajstić information content (AvgIpc) is 3.07. The maximum Gasteiger partial charge on any atom is 0.258 e. The monoisotopic (exact) mass is 451 g/mol. The summed E-state index contributed by atoms with van der Waals surface area (Å²) in [6, 6.07) is 5.81. The maximum absolute atomic E-state index is 12.5. The Labute approximate surface area is 185 Å². The zero-order valence-corrected chi connectivity index (χ0v) is 19.4. The van der Waals surface area contributed by atoms with Crippen LogP contribution in [0.25, 0.3) is 10.2 Å². The fourth-order valence-electron chi connectivity index (χ4n) is 3.54. The summed E-state index contributed by atoms with van der Waals surface area (Å²) in [4.78, 5) is 31.7. The standard InChI is InChI=1S/C21H29N3O4S2/c1-15-5-4-8-23(12-15)20(26)14-29-13-19(25)22-21-24(9-10-27-2)17-7-6-16(28-3)11-18(17)30-21/h6-7,11,15H,4-5,8-10,12-14H2,1-3H3. The van der Waals surface area contributed by atoms with Crippen molar-refractivity contribution in [3.05, 3.63) is 23.0 Å². The van der Waals surface area contributed by atoms with E-state index in [0.29, 0.717) is 29.6 Å². The van der Waals surface area contributed by atoms with Crippen LogP contribution in [0.15, 0.2) is 23.2 Å². The number of nitrogens with zero attached hydrogens (tertiary/aromatic N) is 3. The quantitative estimate of drug-likeness (QED) is 0.617. The van der Waals surface area contributed by atoms with Gasteiger partial charge >= 0.3 is 0 Å². The minimum Gasteiger partial charge on any atom is -0.497 e. The number of carbonyl (C=O) groups excluding carboxylic acids is 2. The number of piperidine rings is 1. The number of rotatable bonds is 8. The number of methoxy groups -OCH3 is 2. The van der Waals surface area contributed by atoms with Gasteiger partial charge in [0, 0.05) is 26.7 Å². The zero-order valence-electron chi connectivity index (χ0n) is 17.8. The summed E-state index contributed by atoms with van der Waals surface area (Å²) in [6.07, 6.45) is 2.24. The third-order valence-electron chi connectivity index (χ3n) is 5.09. The van der Waals surface area contributed by atoms with Crippen LogP contribution in [0.1, 0.15) is 19.8 Å². The van der Waals surface area contributed by atoms with Crippen molar-refractivity contribution in [3.8, 4) is 5.75 Å². The molecule has 3 rings (SSSR count). The van der Waals surface area contributed by atoms with E-state index in [9.17, 15) is 9.59 Å². The first kappa shape index (κ1) is 22.8. The number of hydrogen-bond donors (Lipinski definition) is 0. The van der Waals surface area contributed by atoms with E-state index in [1.54, 1.807) is 14.2 Å². The number of hydrogen-bond acceptors (Lipinski definition) is 6. The third kappa shape index (κ3) is 5.86. The summed E-state index contributed by atoms with van der Waals surface area (Å²) < 4.78 is 13.5. The molecular weight excluding hydrogens is 422 g/mol. The van der Waals surface area contributed by atoms with Gasteiger partial charge in [0.2, 0.25) is 5.91 Å². The van der Waals surface area contributed by atoms with Gasteiger partial charge in [0.25, 0.3) is 5.91 Å². The van der Waals surface area contributed by atoms with E-state index in [1.165, 1.54) is 29.5 Å². The molecule has 2 heterocycles. The number of fused-ring (bicyclic) bond motifs is 1. The summed E-state index contributed by atoms with van der Waals surface area (Å²) in [5.41, 5.74) is 0.992. The van der Waals surface area contributed by atoms with E-state index in [1.807, 2.05) is 27.7 Å². The first-order chi connectivity index (χ1) is 14.5. The molecule has 0 saturated carbocycles. The van der Waals surface area contributed by atoms with Crippen molar-refractivity contribution in [3.63, 3.8) is 0 Å². The molecule has 2 aromatic rings. The van der Waals surface area contributed by atoms with Gasteiger partial charge in [-0.2, -0.15) is 4.99 Å². The molecule has 1 aliphatic rings. The lowest BCUT2D eigenvalue weighted by atomic mass is 10.0. The number of thioether (sulfide) groups is 1. The van der Waals surface area contributed by atoms with Gasteiger partial charge in [-0.1, -0.05) is 18.3 Å². The second-order valence-corrected chi connectivity index (χ2v) is 9.44.